The lowest BCUT2D eigenvalue weighted by Gasteiger charge is -2.35. The topological polar surface area (TPSA) is 71.2 Å². The van der Waals surface area contributed by atoms with Gasteiger partial charge in [0.15, 0.2) is 0 Å². The summed E-state index contributed by atoms with van der Waals surface area (Å²) in [4.78, 5) is 34.4. The van der Waals surface area contributed by atoms with E-state index in [0.29, 0.717) is 31.9 Å². The molecule has 204 valence electrons. The molecule has 5 rings (SSSR count). The Hall–Kier alpha value is -3.88. The largest absolute Gasteiger partial charge is 0.322 e. The van der Waals surface area contributed by atoms with E-state index in [4.69, 9.17) is 0 Å². The van der Waals surface area contributed by atoms with Gasteiger partial charge in [0, 0.05) is 76.8 Å². The first-order valence-corrected chi connectivity index (χ1v) is 13.8. The zero-order chi connectivity index (χ0) is 27.0. The van der Waals surface area contributed by atoms with Crippen molar-refractivity contribution in [2.45, 2.75) is 20.0 Å². The number of aryl methyl sites for hydroxylation is 1. The van der Waals surface area contributed by atoms with Crippen LogP contribution in [0.5, 0.6) is 0 Å². The van der Waals surface area contributed by atoms with Crippen molar-refractivity contribution in [2.24, 2.45) is 0 Å². The molecule has 0 aliphatic carbocycles. The maximum absolute atomic E-state index is 13.0. The Kier molecular flexibility index (Phi) is 8.75. The van der Waals surface area contributed by atoms with Gasteiger partial charge in [-0.25, -0.2) is 9.59 Å². The molecule has 2 heterocycles. The molecular formula is C31H38N6O2. The number of hydrogen-bond donors (Lipinski definition) is 2. The number of nitrogens with zero attached hydrogens (tertiary/aromatic N) is 4. The van der Waals surface area contributed by atoms with E-state index in [0.717, 1.165) is 50.5 Å². The minimum Gasteiger partial charge on any atom is -0.322 e. The molecule has 2 aliphatic heterocycles. The lowest BCUT2D eigenvalue weighted by Crippen LogP contribution is -2.49. The zero-order valence-corrected chi connectivity index (χ0v) is 22.7. The fraction of sp³-hybridized carbons (Fsp3) is 0.355. The van der Waals surface area contributed by atoms with Crippen LogP contribution < -0.4 is 10.6 Å². The molecule has 3 aromatic rings. The maximum atomic E-state index is 13.0. The van der Waals surface area contributed by atoms with Crippen LogP contribution in [0.2, 0.25) is 0 Å². The summed E-state index contributed by atoms with van der Waals surface area (Å²) in [5, 5.41) is 6.09. The van der Waals surface area contributed by atoms with Gasteiger partial charge in [0.05, 0.1) is 0 Å². The standard InChI is InChI=1S/C31H38N6O2/c1-25-12-13-28(32-30(38)36-18-14-34(15-19-36)23-26-8-4-2-5-9-26)22-29(25)33-31(39)37-20-16-35(17-21-37)24-27-10-6-3-7-11-27/h2-13,22H,14-21,23-24H2,1H3,(H,32,38)(H,33,39). The van der Waals surface area contributed by atoms with Crippen molar-refractivity contribution in [2.75, 3.05) is 63.0 Å². The summed E-state index contributed by atoms with van der Waals surface area (Å²) < 4.78 is 0. The smallest absolute Gasteiger partial charge is 0.321 e. The third-order valence-electron chi connectivity index (χ3n) is 7.55. The third kappa shape index (κ3) is 7.37. The van der Waals surface area contributed by atoms with E-state index < -0.39 is 0 Å². The van der Waals surface area contributed by atoms with Crippen LogP contribution in [-0.4, -0.2) is 84.0 Å². The number of urea groups is 2. The molecule has 0 spiro atoms. The quantitative estimate of drug-likeness (QED) is 0.489. The summed E-state index contributed by atoms with van der Waals surface area (Å²) in [6, 6.07) is 26.3. The van der Waals surface area contributed by atoms with Gasteiger partial charge >= 0.3 is 12.1 Å². The van der Waals surface area contributed by atoms with Crippen LogP contribution in [0, 0.1) is 6.92 Å². The predicted octanol–water partition coefficient (Wildman–Crippen LogP) is 4.69. The van der Waals surface area contributed by atoms with E-state index >= 15 is 0 Å². The number of anilines is 2. The average Bonchev–Trinajstić information content (AvgIpc) is 2.96. The van der Waals surface area contributed by atoms with Gasteiger partial charge in [-0.05, 0) is 35.7 Å². The summed E-state index contributed by atoms with van der Waals surface area (Å²) in [5.74, 6) is 0. The van der Waals surface area contributed by atoms with Gasteiger partial charge in [-0.2, -0.15) is 0 Å². The van der Waals surface area contributed by atoms with E-state index in [1.54, 1.807) is 0 Å². The van der Waals surface area contributed by atoms with Crippen LogP contribution in [0.15, 0.2) is 78.9 Å². The molecule has 2 N–H and O–H groups in total. The highest BCUT2D eigenvalue weighted by Crippen LogP contribution is 2.22. The van der Waals surface area contributed by atoms with Gasteiger partial charge in [-0.15, -0.1) is 0 Å². The Bertz CT molecular complexity index is 1240. The molecule has 8 heteroatoms. The molecule has 3 aromatic carbocycles. The molecule has 4 amide bonds. The number of benzene rings is 3. The first-order chi connectivity index (χ1) is 19.0. The fourth-order valence-electron chi connectivity index (χ4n) is 5.13. The van der Waals surface area contributed by atoms with Crippen LogP contribution in [-0.2, 0) is 13.1 Å². The maximum Gasteiger partial charge on any atom is 0.321 e. The van der Waals surface area contributed by atoms with Crippen molar-refractivity contribution < 1.29 is 9.59 Å². The normalized spacial score (nSPS) is 16.6. The summed E-state index contributed by atoms with van der Waals surface area (Å²) >= 11 is 0. The van der Waals surface area contributed by atoms with Crippen LogP contribution >= 0.6 is 0 Å². The van der Waals surface area contributed by atoms with E-state index in [1.807, 2.05) is 47.1 Å². The van der Waals surface area contributed by atoms with Gasteiger partial charge < -0.3 is 20.4 Å². The molecule has 0 atom stereocenters. The summed E-state index contributed by atoms with van der Waals surface area (Å²) in [7, 11) is 0. The molecular weight excluding hydrogens is 488 g/mol. The fourth-order valence-corrected chi connectivity index (χ4v) is 5.13. The average molecular weight is 527 g/mol. The molecule has 0 unspecified atom stereocenters. The molecule has 2 fully saturated rings. The molecule has 0 aromatic heterocycles. The number of nitrogens with one attached hydrogen (secondary N) is 2. The third-order valence-corrected chi connectivity index (χ3v) is 7.55. The van der Waals surface area contributed by atoms with E-state index in [2.05, 4.69) is 69.0 Å². The minimum atomic E-state index is -0.106. The van der Waals surface area contributed by atoms with Gasteiger partial charge in [0.25, 0.3) is 0 Å². The number of piperazine rings is 2. The second kappa shape index (κ2) is 12.8. The summed E-state index contributed by atoms with van der Waals surface area (Å²) in [6.07, 6.45) is 0. The number of carbonyl (C=O) groups excluding carboxylic acids is 2. The number of carbonyl (C=O) groups is 2. The highest BCUT2D eigenvalue weighted by Gasteiger charge is 2.23. The van der Waals surface area contributed by atoms with Crippen LogP contribution in [0.1, 0.15) is 16.7 Å². The van der Waals surface area contributed by atoms with Crippen molar-refractivity contribution in [1.82, 2.24) is 19.6 Å². The Balaban J connectivity index is 1.09. The molecule has 2 saturated heterocycles. The Morgan fingerprint density at radius 2 is 1.08 bits per heavy atom. The van der Waals surface area contributed by atoms with Crippen molar-refractivity contribution in [1.29, 1.82) is 0 Å². The lowest BCUT2D eigenvalue weighted by atomic mass is 10.1. The van der Waals surface area contributed by atoms with Crippen LogP contribution in [0.4, 0.5) is 21.0 Å². The molecule has 2 aliphatic rings. The lowest BCUT2D eigenvalue weighted by molar-refractivity contribution is 0.143. The predicted molar refractivity (Wildman–Crippen MR) is 156 cm³/mol. The van der Waals surface area contributed by atoms with Crippen molar-refractivity contribution in [3.05, 3.63) is 95.6 Å². The Labute approximate surface area is 231 Å². The van der Waals surface area contributed by atoms with Crippen molar-refractivity contribution in [3.63, 3.8) is 0 Å². The Morgan fingerprint density at radius 1 is 0.615 bits per heavy atom. The van der Waals surface area contributed by atoms with Crippen LogP contribution in [0.25, 0.3) is 0 Å². The number of hydrogen-bond acceptors (Lipinski definition) is 4. The van der Waals surface area contributed by atoms with E-state index in [-0.39, 0.29) is 12.1 Å². The zero-order valence-electron chi connectivity index (χ0n) is 22.7. The van der Waals surface area contributed by atoms with E-state index in [1.165, 1.54) is 11.1 Å². The van der Waals surface area contributed by atoms with Crippen LogP contribution in [0.3, 0.4) is 0 Å². The van der Waals surface area contributed by atoms with E-state index in [9.17, 15) is 9.59 Å². The first kappa shape index (κ1) is 26.7. The number of amides is 4. The summed E-state index contributed by atoms with van der Waals surface area (Å²) in [6.45, 7) is 9.88. The minimum absolute atomic E-state index is 0.101. The molecule has 0 bridgehead atoms. The second-order valence-electron chi connectivity index (χ2n) is 10.4. The van der Waals surface area contributed by atoms with Gasteiger partial charge in [-0.3, -0.25) is 9.80 Å². The Morgan fingerprint density at radius 3 is 1.56 bits per heavy atom. The first-order valence-electron chi connectivity index (χ1n) is 13.8. The highest BCUT2D eigenvalue weighted by atomic mass is 16.2. The van der Waals surface area contributed by atoms with Gasteiger partial charge in [-0.1, -0.05) is 66.7 Å². The molecule has 39 heavy (non-hydrogen) atoms. The molecule has 8 nitrogen and oxygen atoms in total. The second-order valence-corrected chi connectivity index (χ2v) is 10.4. The van der Waals surface area contributed by atoms with Crippen molar-refractivity contribution in [3.8, 4) is 0 Å². The van der Waals surface area contributed by atoms with Crippen molar-refractivity contribution >= 4 is 23.4 Å². The SMILES string of the molecule is Cc1ccc(NC(=O)N2CCN(Cc3ccccc3)CC2)cc1NC(=O)N1CCN(Cc2ccccc2)CC1. The molecule has 0 saturated carbocycles. The monoisotopic (exact) mass is 526 g/mol. The summed E-state index contributed by atoms with van der Waals surface area (Å²) in [5.41, 5.74) is 4.94. The molecule has 0 radical (unpaired) electrons. The number of rotatable bonds is 6. The van der Waals surface area contributed by atoms with Gasteiger partial charge in [0.2, 0.25) is 0 Å². The van der Waals surface area contributed by atoms with Gasteiger partial charge in [0.1, 0.15) is 0 Å². The highest BCUT2D eigenvalue weighted by molar-refractivity contribution is 5.93.